The molecule has 0 saturated carbocycles. The first-order valence-electron chi connectivity index (χ1n) is 10.5. The molecule has 0 spiro atoms. The Bertz CT molecular complexity index is 734. The van der Waals surface area contributed by atoms with Crippen molar-refractivity contribution in [3.8, 4) is 5.75 Å². The Morgan fingerprint density at radius 2 is 1.45 bits per heavy atom. The molecular formula is C25H37NO5. The van der Waals surface area contributed by atoms with Gasteiger partial charge in [-0.05, 0) is 62.6 Å². The van der Waals surface area contributed by atoms with Crippen LogP contribution in [-0.4, -0.2) is 36.8 Å². The Morgan fingerprint density at radius 3 is 1.97 bits per heavy atom. The van der Waals surface area contributed by atoms with E-state index in [0.717, 1.165) is 43.1 Å². The molecule has 2 N–H and O–H groups in total. The van der Waals surface area contributed by atoms with Gasteiger partial charge in [0.15, 0.2) is 0 Å². The summed E-state index contributed by atoms with van der Waals surface area (Å²) >= 11 is 0. The number of carbonyl (C=O) groups is 2. The van der Waals surface area contributed by atoms with Crippen LogP contribution in [0.1, 0.15) is 52.2 Å². The van der Waals surface area contributed by atoms with E-state index in [1.54, 1.807) is 0 Å². The van der Waals surface area contributed by atoms with Crippen molar-refractivity contribution in [1.29, 1.82) is 0 Å². The summed E-state index contributed by atoms with van der Waals surface area (Å²) in [4.78, 5) is 22.2. The van der Waals surface area contributed by atoms with Crippen LogP contribution in [0.2, 0.25) is 0 Å². The van der Waals surface area contributed by atoms with Crippen LogP contribution in [0.5, 0.6) is 5.75 Å². The summed E-state index contributed by atoms with van der Waals surface area (Å²) in [5.41, 5.74) is 2.42. The molecule has 2 aromatic rings. The van der Waals surface area contributed by atoms with Crippen molar-refractivity contribution in [2.24, 2.45) is 0 Å². The summed E-state index contributed by atoms with van der Waals surface area (Å²) in [6.07, 6.45) is 2.53. The van der Waals surface area contributed by atoms with Gasteiger partial charge in [-0.2, -0.15) is 0 Å². The molecule has 172 valence electrons. The summed E-state index contributed by atoms with van der Waals surface area (Å²) in [7, 11) is 1.00. The van der Waals surface area contributed by atoms with E-state index >= 15 is 0 Å². The zero-order chi connectivity index (χ0) is 23.7. The SMILES string of the molecule is CC.CC(C)(C)OC(=O)Nc1ccc(CCOc2ccc(CCC=O)cc2)cc1.CO. The fourth-order valence-corrected chi connectivity index (χ4v) is 2.44. The molecule has 6 nitrogen and oxygen atoms in total. The second-order valence-corrected chi connectivity index (χ2v) is 7.27. The topological polar surface area (TPSA) is 84.9 Å². The molecule has 0 atom stereocenters. The molecule has 0 aliphatic heterocycles. The van der Waals surface area contributed by atoms with Crippen molar-refractivity contribution in [1.82, 2.24) is 0 Å². The van der Waals surface area contributed by atoms with E-state index in [4.69, 9.17) is 14.6 Å². The van der Waals surface area contributed by atoms with Crippen LogP contribution in [-0.2, 0) is 22.4 Å². The lowest BCUT2D eigenvalue weighted by Crippen LogP contribution is -2.27. The summed E-state index contributed by atoms with van der Waals surface area (Å²) in [5, 5.41) is 9.71. The van der Waals surface area contributed by atoms with Gasteiger partial charge < -0.3 is 19.4 Å². The molecule has 0 heterocycles. The molecule has 31 heavy (non-hydrogen) atoms. The van der Waals surface area contributed by atoms with Gasteiger partial charge in [-0.15, -0.1) is 0 Å². The summed E-state index contributed by atoms with van der Waals surface area (Å²) in [6, 6.07) is 15.4. The van der Waals surface area contributed by atoms with Gasteiger partial charge in [-0.1, -0.05) is 38.1 Å². The number of aliphatic hydroxyl groups is 1. The minimum absolute atomic E-state index is 0.463. The third-order valence-electron chi connectivity index (χ3n) is 3.73. The lowest BCUT2D eigenvalue weighted by atomic mass is 10.1. The normalized spacial score (nSPS) is 9.90. The standard InChI is InChI=1S/C22H27NO4.C2H6.CH4O/c1-22(2,3)27-21(25)23-19-10-6-18(7-11-19)14-16-26-20-12-8-17(9-13-20)5-4-15-24;2*1-2/h6-13,15H,4-5,14,16H2,1-3H3,(H,23,25);1-2H3;2H,1H3. The highest BCUT2D eigenvalue weighted by Crippen LogP contribution is 2.15. The van der Waals surface area contributed by atoms with E-state index in [0.29, 0.717) is 18.7 Å². The maximum Gasteiger partial charge on any atom is 0.412 e. The highest BCUT2D eigenvalue weighted by atomic mass is 16.6. The van der Waals surface area contributed by atoms with Gasteiger partial charge >= 0.3 is 6.09 Å². The summed E-state index contributed by atoms with van der Waals surface area (Å²) in [5.74, 6) is 0.813. The zero-order valence-corrected chi connectivity index (χ0v) is 19.6. The van der Waals surface area contributed by atoms with Gasteiger partial charge in [0.1, 0.15) is 17.6 Å². The predicted octanol–water partition coefficient (Wildman–Crippen LogP) is 5.42. The molecule has 1 amide bonds. The molecule has 0 saturated heterocycles. The first-order chi connectivity index (χ1) is 14.9. The minimum Gasteiger partial charge on any atom is -0.493 e. The van der Waals surface area contributed by atoms with Crippen LogP contribution in [0, 0.1) is 0 Å². The van der Waals surface area contributed by atoms with Crippen molar-refractivity contribution < 1.29 is 24.2 Å². The average Bonchev–Trinajstić information content (AvgIpc) is 2.76. The Morgan fingerprint density at radius 1 is 0.935 bits per heavy atom. The van der Waals surface area contributed by atoms with E-state index in [-0.39, 0.29) is 0 Å². The van der Waals surface area contributed by atoms with Gasteiger partial charge in [0.25, 0.3) is 0 Å². The van der Waals surface area contributed by atoms with Crippen LogP contribution in [0.3, 0.4) is 0 Å². The number of aliphatic hydroxyl groups excluding tert-OH is 1. The van der Waals surface area contributed by atoms with Gasteiger partial charge in [0.2, 0.25) is 0 Å². The molecule has 6 heteroatoms. The van der Waals surface area contributed by atoms with E-state index in [2.05, 4.69) is 5.32 Å². The van der Waals surface area contributed by atoms with Crippen molar-refractivity contribution in [3.05, 3.63) is 59.7 Å². The number of hydrogen-bond acceptors (Lipinski definition) is 5. The Hall–Kier alpha value is -2.86. The maximum absolute atomic E-state index is 11.8. The fourth-order valence-electron chi connectivity index (χ4n) is 2.44. The molecule has 0 bridgehead atoms. The maximum atomic E-state index is 11.8. The molecule has 0 radical (unpaired) electrons. The van der Waals surface area contributed by atoms with E-state index < -0.39 is 11.7 Å². The highest BCUT2D eigenvalue weighted by molar-refractivity contribution is 5.84. The number of anilines is 1. The lowest BCUT2D eigenvalue weighted by Gasteiger charge is -2.19. The number of amides is 1. The van der Waals surface area contributed by atoms with Gasteiger partial charge in [0.05, 0.1) is 6.61 Å². The number of benzene rings is 2. The lowest BCUT2D eigenvalue weighted by molar-refractivity contribution is -0.107. The van der Waals surface area contributed by atoms with Crippen molar-refractivity contribution in [3.63, 3.8) is 0 Å². The minimum atomic E-state index is -0.520. The number of aldehydes is 1. The first kappa shape index (κ1) is 28.1. The fraction of sp³-hybridized carbons (Fsp3) is 0.440. The van der Waals surface area contributed by atoms with E-state index in [1.807, 2.05) is 83.1 Å². The molecule has 0 aromatic heterocycles. The number of ether oxygens (including phenoxy) is 2. The third-order valence-corrected chi connectivity index (χ3v) is 3.73. The zero-order valence-electron chi connectivity index (χ0n) is 19.6. The largest absolute Gasteiger partial charge is 0.493 e. The summed E-state index contributed by atoms with van der Waals surface area (Å²) < 4.78 is 11.0. The van der Waals surface area contributed by atoms with Gasteiger partial charge in [-0.25, -0.2) is 4.79 Å². The smallest absolute Gasteiger partial charge is 0.412 e. The Labute approximate surface area is 186 Å². The quantitative estimate of drug-likeness (QED) is 0.545. The van der Waals surface area contributed by atoms with Crippen LogP contribution in [0.4, 0.5) is 10.5 Å². The number of nitrogens with one attached hydrogen (secondary N) is 1. The van der Waals surface area contributed by atoms with Gasteiger partial charge in [-0.3, -0.25) is 5.32 Å². The number of rotatable bonds is 8. The van der Waals surface area contributed by atoms with Crippen LogP contribution in [0.15, 0.2) is 48.5 Å². The molecular weight excluding hydrogens is 394 g/mol. The number of aryl methyl sites for hydroxylation is 1. The Balaban J connectivity index is 0.00000212. The average molecular weight is 432 g/mol. The molecule has 0 aliphatic rings. The molecule has 0 aliphatic carbocycles. The van der Waals surface area contributed by atoms with Crippen molar-refractivity contribution in [2.45, 2.75) is 59.5 Å². The molecule has 0 fully saturated rings. The predicted molar refractivity (Wildman–Crippen MR) is 126 cm³/mol. The molecule has 2 aromatic carbocycles. The third kappa shape index (κ3) is 13.1. The van der Waals surface area contributed by atoms with Crippen molar-refractivity contribution >= 4 is 18.1 Å². The van der Waals surface area contributed by atoms with Crippen LogP contribution >= 0.6 is 0 Å². The number of hydrogen-bond donors (Lipinski definition) is 2. The van der Waals surface area contributed by atoms with Crippen LogP contribution < -0.4 is 10.1 Å². The van der Waals surface area contributed by atoms with E-state index in [1.165, 1.54) is 0 Å². The van der Waals surface area contributed by atoms with Gasteiger partial charge in [0, 0.05) is 25.6 Å². The monoisotopic (exact) mass is 431 g/mol. The number of carbonyl (C=O) groups excluding carboxylic acids is 2. The van der Waals surface area contributed by atoms with Crippen LogP contribution in [0.25, 0.3) is 0 Å². The highest BCUT2D eigenvalue weighted by Gasteiger charge is 2.16. The second kappa shape index (κ2) is 15.9. The first-order valence-corrected chi connectivity index (χ1v) is 10.5. The Kier molecular flexibility index (Phi) is 14.4. The molecule has 0 unspecified atom stereocenters. The second-order valence-electron chi connectivity index (χ2n) is 7.27. The van der Waals surface area contributed by atoms with Crippen molar-refractivity contribution in [2.75, 3.05) is 19.0 Å². The van der Waals surface area contributed by atoms with E-state index in [9.17, 15) is 9.59 Å². The summed E-state index contributed by atoms with van der Waals surface area (Å²) in [6.45, 7) is 10.0. The molecule has 2 rings (SSSR count).